The van der Waals surface area contributed by atoms with Crippen LogP contribution in [0, 0.1) is 11.3 Å². The highest BCUT2D eigenvalue weighted by atomic mass is 16.3. The summed E-state index contributed by atoms with van der Waals surface area (Å²) in [6.45, 7) is 6.60. The Morgan fingerprint density at radius 2 is 2.00 bits per heavy atom. The number of nitrogens with zero attached hydrogens (tertiary/aromatic N) is 1. The highest BCUT2D eigenvalue weighted by molar-refractivity contribution is 5.96. The number of nitriles is 1. The third-order valence-electron chi connectivity index (χ3n) is 1.17. The second-order valence-corrected chi connectivity index (χ2v) is 1.98. The van der Waals surface area contributed by atoms with Gasteiger partial charge in [0, 0.05) is 11.1 Å². The smallest absolute Gasteiger partial charge is 0.248 e. The van der Waals surface area contributed by atoms with Crippen molar-refractivity contribution in [1.29, 1.82) is 5.26 Å². The predicted molar refractivity (Wildman–Crippen MR) is 43.8 cm³/mol. The maximum Gasteiger partial charge on any atom is 0.248 e. The number of rotatable bonds is 3. The van der Waals surface area contributed by atoms with Crippen LogP contribution < -0.4 is 5.73 Å². The zero-order chi connectivity index (χ0) is 9.72. The molecule has 0 unspecified atom stereocenters. The topological polar surface area (TPSA) is 87.1 Å². The number of carbonyl (C=O) groups excluding carboxylic acids is 1. The van der Waals surface area contributed by atoms with Crippen LogP contribution in [-0.2, 0) is 4.79 Å². The van der Waals surface area contributed by atoms with Gasteiger partial charge in [0.1, 0.15) is 5.76 Å². The maximum absolute atomic E-state index is 10.5. The van der Waals surface area contributed by atoms with Gasteiger partial charge in [0.2, 0.25) is 5.91 Å². The number of primary amides is 1. The Morgan fingerprint density at radius 1 is 1.50 bits per heavy atom. The maximum atomic E-state index is 10.5. The highest BCUT2D eigenvalue weighted by Gasteiger charge is 2.09. The average molecular weight is 164 g/mol. The molecule has 0 saturated heterocycles. The van der Waals surface area contributed by atoms with Gasteiger partial charge < -0.3 is 10.8 Å². The Bertz CT molecular complexity index is 308. The summed E-state index contributed by atoms with van der Waals surface area (Å²) in [5.41, 5.74) is 4.70. The van der Waals surface area contributed by atoms with Gasteiger partial charge in [0.25, 0.3) is 0 Å². The molecule has 0 aromatic rings. The van der Waals surface area contributed by atoms with Crippen LogP contribution in [0.3, 0.4) is 0 Å². The van der Waals surface area contributed by atoms with Gasteiger partial charge in [-0.2, -0.15) is 5.26 Å². The van der Waals surface area contributed by atoms with Crippen molar-refractivity contribution in [3.05, 3.63) is 36.1 Å². The normalized spacial score (nSPS) is 10.1. The molecule has 0 bridgehead atoms. The van der Waals surface area contributed by atoms with Crippen molar-refractivity contribution in [2.45, 2.75) is 0 Å². The molecule has 0 aromatic carbocycles. The number of allylic oxidation sites excluding steroid dienone is 2. The number of aliphatic hydroxyl groups is 1. The summed E-state index contributed by atoms with van der Waals surface area (Å²) in [5, 5.41) is 17.1. The van der Waals surface area contributed by atoms with Crippen LogP contribution in [-0.4, -0.2) is 11.0 Å². The summed E-state index contributed by atoms with van der Waals surface area (Å²) in [6, 6.07) is 1.58. The Balaban J connectivity index is 4.66. The lowest BCUT2D eigenvalue weighted by Gasteiger charge is -2.02. The molecule has 0 heterocycles. The predicted octanol–water partition coefficient (Wildman–Crippen LogP) is 0.550. The van der Waals surface area contributed by atoms with E-state index in [2.05, 4.69) is 13.2 Å². The van der Waals surface area contributed by atoms with Crippen molar-refractivity contribution >= 4 is 5.91 Å². The summed E-state index contributed by atoms with van der Waals surface area (Å²) < 4.78 is 0. The van der Waals surface area contributed by atoms with E-state index in [0.29, 0.717) is 0 Å². The fraction of sp³-hybridized carbons (Fsp3) is 0. The van der Waals surface area contributed by atoms with E-state index < -0.39 is 11.7 Å². The zero-order valence-electron chi connectivity index (χ0n) is 6.37. The molecule has 4 nitrogen and oxygen atoms in total. The average Bonchev–Trinajstić information content (AvgIpc) is 2.02. The van der Waals surface area contributed by atoms with Gasteiger partial charge in [-0.1, -0.05) is 13.2 Å². The molecule has 4 heteroatoms. The Labute approximate surface area is 69.9 Å². The molecule has 0 rings (SSSR count). The Morgan fingerprint density at radius 3 is 2.33 bits per heavy atom. The van der Waals surface area contributed by atoms with Crippen LogP contribution in [0.1, 0.15) is 0 Å². The summed E-state index contributed by atoms with van der Waals surface area (Å²) in [4.78, 5) is 10.5. The number of aliphatic hydroxyl groups excluding tert-OH is 1. The van der Waals surface area contributed by atoms with Crippen molar-refractivity contribution in [3.8, 4) is 6.07 Å². The first-order valence-corrected chi connectivity index (χ1v) is 2.97. The van der Waals surface area contributed by atoms with Gasteiger partial charge in [-0.05, 0) is 0 Å². The number of hydrogen-bond acceptors (Lipinski definition) is 3. The minimum absolute atomic E-state index is 0.0379. The summed E-state index contributed by atoms with van der Waals surface area (Å²) >= 11 is 0. The summed E-state index contributed by atoms with van der Waals surface area (Å²) in [6.07, 6.45) is 0.844. The van der Waals surface area contributed by atoms with Crippen LogP contribution in [0.4, 0.5) is 0 Å². The number of hydrogen-bond donors (Lipinski definition) is 2. The third-order valence-corrected chi connectivity index (χ3v) is 1.17. The van der Waals surface area contributed by atoms with Crippen LogP contribution in [0.15, 0.2) is 36.1 Å². The number of carbonyl (C=O) groups is 1. The van der Waals surface area contributed by atoms with Gasteiger partial charge >= 0.3 is 0 Å². The standard InChI is InChI=1S/C8H8N2O2/c1-5(6(2)8(10)12)7(11)3-4-9/h3,11H,1-2H2,(H2,10,12)/b7-3-. The van der Waals surface area contributed by atoms with Crippen molar-refractivity contribution in [2.24, 2.45) is 5.73 Å². The van der Waals surface area contributed by atoms with Gasteiger partial charge in [0.05, 0.1) is 12.1 Å². The molecule has 3 N–H and O–H groups in total. The quantitative estimate of drug-likeness (QED) is 0.276. The van der Waals surface area contributed by atoms with Gasteiger partial charge in [0.15, 0.2) is 0 Å². The SMILES string of the molecule is C=C(C(=C)/C(O)=C/C#N)C(N)=O. The molecule has 0 saturated carbocycles. The molecule has 0 radical (unpaired) electrons. The zero-order valence-corrected chi connectivity index (χ0v) is 6.37. The van der Waals surface area contributed by atoms with Gasteiger partial charge in [-0.3, -0.25) is 4.79 Å². The Kier molecular flexibility index (Phi) is 3.31. The van der Waals surface area contributed by atoms with Crippen molar-refractivity contribution < 1.29 is 9.90 Å². The molecule has 12 heavy (non-hydrogen) atoms. The molecule has 1 amide bonds. The fourth-order valence-corrected chi connectivity index (χ4v) is 0.452. The van der Waals surface area contributed by atoms with E-state index in [1.807, 2.05) is 0 Å². The third kappa shape index (κ3) is 2.31. The first kappa shape index (κ1) is 9.98. The minimum Gasteiger partial charge on any atom is -0.507 e. The second kappa shape index (κ2) is 3.98. The van der Waals surface area contributed by atoms with E-state index in [0.717, 1.165) is 6.08 Å². The van der Waals surface area contributed by atoms with E-state index in [4.69, 9.17) is 16.1 Å². The summed E-state index contributed by atoms with van der Waals surface area (Å²) in [5.74, 6) is -1.18. The molecule has 0 aliphatic heterocycles. The molecular weight excluding hydrogens is 156 g/mol. The lowest BCUT2D eigenvalue weighted by molar-refractivity contribution is -0.114. The molecule has 0 aliphatic rings. The van der Waals surface area contributed by atoms with Crippen LogP contribution >= 0.6 is 0 Å². The minimum atomic E-state index is -0.780. The van der Waals surface area contributed by atoms with E-state index in [1.54, 1.807) is 6.07 Å². The fourth-order valence-electron chi connectivity index (χ4n) is 0.452. The van der Waals surface area contributed by atoms with Crippen LogP contribution in [0.25, 0.3) is 0 Å². The van der Waals surface area contributed by atoms with Gasteiger partial charge in [-0.15, -0.1) is 0 Å². The van der Waals surface area contributed by atoms with E-state index in [9.17, 15) is 4.79 Å². The van der Waals surface area contributed by atoms with Crippen LogP contribution in [0.5, 0.6) is 0 Å². The molecule has 0 aliphatic carbocycles. The van der Waals surface area contributed by atoms with Crippen molar-refractivity contribution in [1.82, 2.24) is 0 Å². The van der Waals surface area contributed by atoms with Crippen molar-refractivity contribution in [2.75, 3.05) is 0 Å². The molecule has 0 atom stereocenters. The second-order valence-electron chi connectivity index (χ2n) is 1.98. The number of amides is 1. The molecule has 0 spiro atoms. The van der Waals surface area contributed by atoms with Crippen molar-refractivity contribution in [3.63, 3.8) is 0 Å². The lowest BCUT2D eigenvalue weighted by atomic mass is 10.1. The number of nitrogens with two attached hydrogens (primary N) is 1. The molecule has 62 valence electrons. The highest BCUT2D eigenvalue weighted by Crippen LogP contribution is 2.12. The molecule has 0 aromatic heterocycles. The van der Waals surface area contributed by atoms with E-state index >= 15 is 0 Å². The monoisotopic (exact) mass is 164 g/mol. The molecular formula is C8H8N2O2. The van der Waals surface area contributed by atoms with E-state index in [1.165, 1.54) is 0 Å². The largest absolute Gasteiger partial charge is 0.507 e. The Hall–Kier alpha value is -2.02. The summed E-state index contributed by atoms with van der Waals surface area (Å²) in [7, 11) is 0. The van der Waals surface area contributed by atoms with E-state index in [-0.39, 0.29) is 11.1 Å². The van der Waals surface area contributed by atoms with Gasteiger partial charge in [-0.25, -0.2) is 0 Å². The van der Waals surface area contributed by atoms with Crippen LogP contribution in [0.2, 0.25) is 0 Å². The lowest BCUT2D eigenvalue weighted by Crippen LogP contribution is -2.14. The molecule has 0 fully saturated rings. The first-order valence-electron chi connectivity index (χ1n) is 2.97. The first-order chi connectivity index (χ1) is 5.50.